The molecule has 0 aromatic rings. The Morgan fingerprint density at radius 3 is 0.857 bits per heavy atom. The fourth-order valence-electron chi connectivity index (χ4n) is 0. The third kappa shape index (κ3) is 107. The van der Waals surface area contributed by atoms with Gasteiger partial charge in [0.05, 0.1) is 0 Å². The van der Waals surface area contributed by atoms with Crippen molar-refractivity contribution < 1.29 is 77.3 Å². The molecular weight excluding hydrogens is 131 g/mol. The molecule has 0 amide bonds. The Kier molecular flexibility index (Phi) is 12.6. The minimum atomic E-state index is -3.50. The molecule has 0 aliphatic carbocycles. The van der Waals surface area contributed by atoms with Gasteiger partial charge >= 0.3 is 57.5 Å². The van der Waals surface area contributed by atoms with Crippen LogP contribution >= 0.6 is 0 Å². The third-order valence-electron chi connectivity index (χ3n) is 0. The summed E-state index contributed by atoms with van der Waals surface area (Å²) in [5, 5.41) is 28.8. The van der Waals surface area contributed by atoms with Crippen molar-refractivity contribution >= 4 is 0 Å². The van der Waals surface area contributed by atoms with Crippen LogP contribution in [0.25, 0.3) is 0 Å². The molecule has 0 radical (unpaired) electrons. The number of aliphatic hydroxyl groups is 4. The van der Waals surface area contributed by atoms with Crippen molar-refractivity contribution in [2.75, 3.05) is 0 Å². The molecule has 5 N–H and O–H groups in total. The van der Waals surface area contributed by atoms with Gasteiger partial charge < -0.3 is 25.9 Å². The summed E-state index contributed by atoms with van der Waals surface area (Å²) < 4.78 is 0. The van der Waals surface area contributed by atoms with Gasteiger partial charge in [-0.3, -0.25) is 0 Å². The summed E-state index contributed by atoms with van der Waals surface area (Å²) in [6.07, 6.45) is -3.50. The van der Waals surface area contributed by atoms with Gasteiger partial charge in [0, 0.05) is 0 Å². The van der Waals surface area contributed by atoms with Gasteiger partial charge in [0.2, 0.25) is 0 Å². The van der Waals surface area contributed by atoms with Crippen LogP contribution in [-0.4, -0.2) is 32.1 Å². The van der Waals surface area contributed by atoms with Crippen LogP contribution in [0.15, 0.2) is 0 Å². The SMILES string of the molecule is OC(O)(O)O.[K+].[OH-]. The van der Waals surface area contributed by atoms with E-state index in [-0.39, 0.29) is 56.9 Å². The van der Waals surface area contributed by atoms with Gasteiger partial charge in [-0.05, 0) is 0 Å². The maximum Gasteiger partial charge on any atom is 1.00 e. The Balaban J connectivity index is -0.0000000800. The Morgan fingerprint density at radius 1 is 0.857 bits per heavy atom. The van der Waals surface area contributed by atoms with E-state index in [0.29, 0.717) is 0 Å². The average molecular weight is 136 g/mol. The van der Waals surface area contributed by atoms with Gasteiger partial charge in [0.25, 0.3) is 0 Å². The Hall–Kier alpha value is 1.44. The standard InChI is InChI=1S/CH4O4.K.H2O/c2-1(3,4)5;;/h2-5H;;1H2/q;+1;/p-1. The first-order valence-electron chi connectivity index (χ1n) is 0.894. The van der Waals surface area contributed by atoms with E-state index in [0.717, 1.165) is 0 Å². The topological polar surface area (TPSA) is 111 Å². The van der Waals surface area contributed by atoms with Crippen LogP contribution in [0.1, 0.15) is 0 Å². The summed E-state index contributed by atoms with van der Waals surface area (Å²) in [5.74, 6) is 0. The van der Waals surface area contributed by atoms with E-state index in [2.05, 4.69) is 0 Å². The molecule has 6 heteroatoms. The smallest absolute Gasteiger partial charge is 0.870 e. The third-order valence-corrected chi connectivity index (χ3v) is 0. The zero-order valence-corrected chi connectivity index (χ0v) is 6.86. The van der Waals surface area contributed by atoms with E-state index in [4.69, 9.17) is 20.4 Å². The van der Waals surface area contributed by atoms with E-state index in [1.807, 2.05) is 0 Å². The number of hydrogen-bond donors (Lipinski definition) is 4. The van der Waals surface area contributed by atoms with Crippen molar-refractivity contribution in [2.24, 2.45) is 0 Å². The van der Waals surface area contributed by atoms with Crippen molar-refractivity contribution in [3.05, 3.63) is 0 Å². The largest absolute Gasteiger partial charge is 1.00 e. The first kappa shape index (κ1) is 15.8. The molecule has 0 aromatic heterocycles. The molecule has 0 atom stereocenters. The van der Waals surface area contributed by atoms with Crippen molar-refractivity contribution in [3.63, 3.8) is 0 Å². The van der Waals surface area contributed by atoms with Crippen LogP contribution in [0.3, 0.4) is 0 Å². The summed E-state index contributed by atoms with van der Waals surface area (Å²) in [4.78, 5) is 0. The minimum Gasteiger partial charge on any atom is -0.870 e. The van der Waals surface area contributed by atoms with Crippen LogP contribution < -0.4 is 51.4 Å². The molecule has 0 aliphatic rings. The fourth-order valence-corrected chi connectivity index (χ4v) is 0. The van der Waals surface area contributed by atoms with Crippen LogP contribution in [0, 0.1) is 0 Å². The van der Waals surface area contributed by atoms with Crippen LogP contribution in [0.4, 0.5) is 0 Å². The Bertz CT molecular complexity index is 23.6. The first-order valence-corrected chi connectivity index (χ1v) is 0.894. The van der Waals surface area contributed by atoms with E-state index < -0.39 is 6.16 Å². The maximum atomic E-state index is 7.19. The summed E-state index contributed by atoms with van der Waals surface area (Å²) in [6, 6.07) is 0. The molecule has 0 aromatic carbocycles. The second-order valence-corrected chi connectivity index (χ2v) is 0.600. The normalized spacial score (nSPS) is 8.57. The summed E-state index contributed by atoms with van der Waals surface area (Å²) in [7, 11) is 0. The van der Waals surface area contributed by atoms with Crippen molar-refractivity contribution in [3.8, 4) is 0 Å². The summed E-state index contributed by atoms with van der Waals surface area (Å²) in [5.41, 5.74) is 0. The molecule has 0 rings (SSSR count). The van der Waals surface area contributed by atoms with Gasteiger partial charge in [0.1, 0.15) is 0 Å². The molecular formula is CH5KO5. The molecule has 0 spiro atoms. The van der Waals surface area contributed by atoms with E-state index in [1.54, 1.807) is 0 Å². The fraction of sp³-hybridized carbons (Fsp3) is 1.00. The Labute approximate surface area is 82.3 Å². The van der Waals surface area contributed by atoms with Gasteiger partial charge in [-0.1, -0.05) is 0 Å². The summed E-state index contributed by atoms with van der Waals surface area (Å²) in [6.45, 7) is 0. The summed E-state index contributed by atoms with van der Waals surface area (Å²) >= 11 is 0. The van der Waals surface area contributed by atoms with E-state index in [1.165, 1.54) is 0 Å². The van der Waals surface area contributed by atoms with E-state index >= 15 is 0 Å². The van der Waals surface area contributed by atoms with Crippen LogP contribution in [0.5, 0.6) is 0 Å². The number of rotatable bonds is 0. The number of hydrogen-bond acceptors (Lipinski definition) is 5. The van der Waals surface area contributed by atoms with Crippen molar-refractivity contribution in [1.29, 1.82) is 0 Å². The van der Waals surface area contributed by atoms with Crippen molar-refractivity contribution in [1.82, 2.24) is 0 Å². The van der Waals surface area contributed by atoms with Gasteiger partial charge in [-0.25, -0.2) is 0 Å². The molecule has 5 nitrogen and oxygen atoms in total. The zero-order chi connectivity index (χ0) is 4.50. The van der Waals surface area contributed by atoms with Crippen molar-refractivity contribution in [2.45, 2.75) is 6.16 Å². The predicted octanol–water partition coefficient (Wildman–Crippen LogP) is -5.61. The molecule has 7 heavy (non-hydrogen) atoms. The quantitative estimate of drug-likeness (QED) is 0.196. The molecule has 0 aliphatic heterocycles. The molecule has 40 valence electrons. The van der Waals surface area contributed by atoms with Gasteiger partial charge in [-0.15, -0.1) is 0 Å². The maximum absolute atomic E-state index is 7.19. The second kappa shape index (κ2) is 5.57. The monoisotopic (exact) mass is 136 g/mol. The molecule has 0 saturated heterocycles. The zero-order valence-electron chi connectivity index (χ0n) is 3.74. The van der Waals surface area contributed by atoms with Gasteiger partial charge in [0.15, 0.2) is 0 Å². The second-order valence-electron chi connectivity index (χ2n) is 0.600. The molecule has 0 heterocycles. The molecule has 0 fully saturated rings. The van der Waals surface area contributed by atoms with Crippen LogP contribution in [-0.2, 0) is 0 Å². The minimum absolute atomic E-state index is 0. The van der Waals surface area contributed by atoms with E-state index in [9.17, 15) is 0 Å². The van der Waals surface area contributed by atoms with Crippen LogP contribution in [0.2, 0.25) is 0 Å². The van der Waals surface area contributed by atoms with Gasteiger partial charge in [-0.2, -0.15) is 0 Å². The molecule has 0 unspecified atom stereocenters. The molecule has 0 saturated carbocycles. The average Bonchev–Trinajstić information content (AvgIpc) is 0.722. The molecule has 0 bridgehead atoms. The predicted molar refractivity (Wildman–Crippen MR) is 13.5 cm³/mol. The Morgan fingerprint density at radius 2 is 0.857 bits per heavy atom. The first-order chi connectivity index (χ1) is 2.00.